The Bertz CT molecular complexity index is 174. The predicted octanol–water partition coefficient (Wildman–Crippen LogP) is -0.0513. The first-order chi connectivity index (χ1) is 6.20. The van der Waals surface area contributed by atoms with Crippen LogP contribution in [0.25, 0.3) is 0 Å². The third-order valence-electron chi connectivity index (χ3n) is 1.39. The van der Waals surface area contributed by atoms with Crippen molar-refractivity contribution in [3.8, 4) is 0 Å². The molecule has 0 fully saturated rings. The number of carbonyl (C=O) groups is 2. The minimum absolute atomic E-state index is 0.0266. The van der Waals surface area contributed by atoms with Gasteiger partial charge in [0.25, 0.3) is 0 Å². The highest BCUT2D eigenvalue weighted by Crippen LogP contribution is 1.80. The molecular formula is C8H16N2O2S. The summed E-state index contributed by atoms with van der Waals surface area (Å²) in [5, 5.41) is 5.28. The maximum absolute atomic E-state index is 11.0. The normalized spacial score (nSPS) is 9.38. The van der Waals surface area contributed by atoms with Gasteiger partial charge in [-0.05, 0) is 6.42 Å². The molecule has 0 aliphatic heterocycles. The van der Waals surface area contributed by atoms with Crippen LogP contribution in [0, 0.1) is 0 Å². The second-order valence-corrected chi connectivity index (χ2v) is 2.92. The summed E-state index contributed by atoms with van der Waals surface area (Å²) >= 11 is 3.78. The predicted molar refractivity (Wildman–Crippen MR) is 54.8 cm³/mol. The van der Waals surface area contributed by atoms with Crippen molar-refractivity contribution in [3.63, 3.8) is 0 Å². The van der Waals surface area contributed by atoms with Crippen molar-refractivity contribution in [1.82, 2.24) is 10.6 Å². The summed E-state index contributed by atoms with van der Waals surface area (Å²) in [6.07, 6.45) is 1.26. The van der Waals surface area contributed by atoms with Crippen LogP contribution in [0.5, 0.6) is 0 Å². The van der Waals surface area contributed by atoms with Gasteiger partial charge in [0.05, 0.1) is 5.75 Å². The fourth-order valence-corrected chi connectivity index (χ4v) is 0.836. The van der Waals surface area contributed by atoms with Gasteiger partial charge in [-0.25, -0.2) is 0 Å². The molecule has 13 heavy (non-hydrogen) atoms. The van der Waals surface area contributed by atoms with Gasteiger partial charge >= 0.3 is 0 Å². The summed E-state index contributed by atoms with van der Waals surface area (Å²) in [6.45, 7) is 3.07. The minimum atomic E-state index is -0.147. The van der Waals surface area contributed by atoms with E-state index in [9.17, 15) is 9.59 Å². The lowest BCUT2D eigenvalue weighted by Crippen LogP contribution is -2.31. The first kappa shape index (κ1) is 12.3. The fourth-order valence-electron chi connectivity index (χ4n) is 0.724. The van der Waals surface area contributed by atoms with Gasteiger partial charge in [0.15, 0.2) is 0 Å². The van der Waals surface area contributed by atoms with E-state index in [0.717, 1.165) is 6.42 Å². The van der Waals surface area contributed by atoms with Gasteiger partial charge < -0.3 is 10.6 Å². The molecule has 0 spiro atoms. The molecule has 76 valence electrons. The van der Waals surface area contributed by atoms with Crippen LogP contribution < -0.4 is 10.6 Å². The van der Waals surface area contributed by atoms with Gasteiger partial charge in [-0.15, -0.1) is 0 Å². The number of thiol groups is 1. The molecule has 0 aromatic rings. The maximum Gasteiger partial charge on any atom is 0.229 e. The summed E-state index contributed by atoms with van der Waals surface area (Å²) in [5.41, 5.74) is 0. The van der Waals surface area contributed by atoms with Crippen LogP contribution in [-0.4, -0.2) is 30.7 Å². The van der Waals surface area contributed by atoms with E-state index < -0.39 is 0 Å². The van der Waals surface area contributed by atoms with Crippen molar-refractivity contribution in [2.24, 2.45) is 0 Å². The zero-order valence-corrected chi connectivity index (χ0v) is 8.69. The Kier molecular flexibility index (Phi) is 7.48. The van der Waals surface area contributed by atoms with Crippen LogP contribution in [0.1, 0.15) is 19.8 Å². The van der Waals surface area contributed by atoms with Crippen molar-refractivity contribution in [1.29, 1.82) is 0 Å². The molecule has 2 N–H and O–H groups in total. The summed E-state index contributed by atoms with van der Waals surface area (Å²) in [6, 6.07) is 0. The Balaban J connectivity index is 3.31. The zero-order chi connectivity index (χ0) is 10.1. The topological polar surface area (TPSA) is 58.2 Å². The lowest BCUT2D eigenvalue weighted by molar-refractivity contribution is -0.121. The Morgan fingerprint density at radius 1 is 1.15 bits per heavy atom. The summed E-state index contributed by atoms with van der Waals surface area (Å²) < 4.78 is 0. The van der Waals surface area contributed by atoms with Crippen molar-refractivity contribution >= 4 is 24.4 Å². The molecule has 2 amide bonds. The molecule has 0 aromatic carbocycles. The summed E-state index contributed by atoms with van der Waals surface area (Å²) in [7, 11) is 0. The fraction of sp³-hybridized carbons (Fsp3) is 0.750. The third kappa shape index (κ3) is 7.64. The van der Waals surface area contributed by atoms with Gasteiger partial charge in [-0.1, -0.05) is 6.92 Å². The molecule has 5 heteroatoms. The number of hydrogen-bond donors (Lipinski definition) is 3. The van der Waals surface area contributed by atoms with Crippen LogP contribution in [0.4, 0.5) is 0 Å². The largest absolute Gasteiger partial charge is 0.356 e. The molecule has 0 saturated carbocycles. The SMILES string of the molecule is CCCNC(=O)CCNC(=O)CS. The molecule has 0 unspecified atom stereocenters. The lowest BCUT2D eigenvalue weighted by atomic mass is 10.3. The standard InChI is InChI=1S/C8H16N2O2S/c1-2-4-9-7(11)3-5-10-8(12)6-13/h13H,2-6H2,1H3,(H,9,11)(H,10,12). The van der Waals surface area contributed by atoms with E-state index in [1.165, 1.54) is 0 Å². The molecule has 0 aromatic heterocycles. The maximum atomic E-state index is 11.0. The van der Waals surface area contributed by atoms with Gasteiger partial charge in [-0.2, -0.15) is 12.6 Å². The molecule has 0 radical (unpaired) electrons. The van der Waals surface area contributed by atoms with Crippen LogP contribution in [-0.2, 0) is 9.59 Å². The van der Waals surface area contributed by atoms with Crippen LogP contribution in [0.3, 0.4) is 0 Å². The van der Waals surface area contributed by atoms with E-state index >= 15 is 0 Å². The minimum Gasteiger partial charge on any atom is -0.356 e. The number of amides is 2. The molecule has 0 atom stereocenters. The van der Waals surface area contributed by atoms with Gasteiger partial charge in [0, 0.05) is 19.5 Å². The highest BCUT2D eigenvalue weighted by atomic mass is 32.1. The second-order valence-electron chi connectivity index (χ2n) is 2.61. The zero-order valence-electron chi connectivity index (χ0n) is 7.80. The molecule has 0 saturated heterocycles. The molecule has 0 rings (SSSR count). The number of hydrogen-bond acceptors (Lipinski definition) is 3. The van der Waals surface area contributed by atoms with E-state index in [2.05, 4.69) is 23.3 Å². The first-order valence-electron chi connectivity index (χ1n) is 4.35. The second kappa shape index (κ2) is 7.91. The molecule has 0 heterocycles. The first-order valence-corrected chi connectivity index (χ1v) is 4.98. The van der Waals surface area contributed by atoms with Gasteiger partial charge in [0.2, 0.25) is 11.8 Å². The Morgan fingerprint density at radius 3 is 2.31 bits per heavy atom. The van der Waals surface area contributed by atoms with Gasteiger partial charge in [-0.3, -0.25) is 9.59 Å². The summed E-state index contributed by atoms with van der Waals surface area (Å²) in [4.78, 5) is 21.7. The van der Waals surface area contributed by atoms with Crippen molar-refractivity contribution in [3.05, 3.63) is 0 Å². The van der Waals surface area contributed by atoms with E-state index in [0.29, 0.717) is 19.5 Å². The van der Waals surface area contributed by atoms with Crippen molar-refractivity contribution < 1.29 is 9.59 Å². The van der Waals surface area contributed by atoms with Crippen LogP contribution in [0.15, 0.2) is 0 Å². The molecule has 4 nitrogen and oxygen atoms in total. The quantitative estimate of drug-likeness (QED) is 0.531. The lowest BCUT2D eigenvalue weighted by Gasteiger charge is -2.04. The van der Waals surface area contributed by atoms with E-state index in [1.54, 1.807) is 0 Å². The van der Waals surface area contributed by atoms with Crippen LogP contribution in [0.2, 0.25) is 0 Å². The smallest absolute Gasteiger partial charge is 0.229 e. The monoisotopic (exact) mass is 204 g/mol. The molecule has 0 aliphatic carbocycles. The average molecular weight is 204 g/mol. The Morgan fingerprint density at radius 2 is 1.77 bits per heavy atom. The van der Waals surface area contributed by atoms with E-state index in [1.807, 2.05) is 6.92 Å². The molecular weight excluding hydrogens is 188 g/mol. The van der Waals surface area contributed by atoms with Crippen molar-refractivity contribution in [2.75, 3.05) is 18.8 Å². The number of rotatable bonds is 6. The third-order valence-corrected chi connectivity index (χ3v) is 1.68. The molecule has 0 bridgehead atoms. The highest BCUT2D eigenvalue weighted by Gasteiger charge is 2.00. The average Bonchev–Trinajstić information content (AvgIpc) is 2.14. The Hall–Kier alpha value is -0.710. The molecule has 0 aliphatic rings. The van der Waals surface area contributed by atoms with Crippen molar-refractivity contribution in [2.45, 2.75) is 19.8 Å². The number of carbonyl (C=O) groups excluding carboxylic acids is 2. The van der Waals surface area contributed by atoms with E-state index in [4.69, 9.17) is 0 Å². The number of nitrogens with one attached hydrogen (secondary N) is 2. The van der Waals surface area contributed by atoms with Crippen LogP contribution >= 0.6 is 12.6 Å². The highest BCUT2D eigenvalue weighted by molar-refractivity contribution is 7.81. The van der Waals surface area contributed by atoms with E-state index in [-0.39, 0.29) is 17.6 Å². The van der Waals surface area contributed by atoms with Gasteiger partial charge in [0.1, 0.15) is 0 Å². The Labute approximate surface area is 83.9 Å². The summed E-state index contributed by atoms with van der Waals surface area (Å²) in [5.74, 6) is -0.00993.